The van der Waals surface area contributed by atoms with E-state index in [9.17, 15) is 14.0 Å². The highest BCUT2D eigenvalue weighted by atomic mass is 35.5. The van der Waals surface area contributed by atoms with E-state index in [0.29, 0.717) is 11.5 Å². The van der Waals surface area contributed by atoms with Gasteiger partial charge in [-0.1, -0.05) is 30.2 Å². The molecule has 0 bridgehead atoms. The highest BCUT2D eigenvalue weighted by Crippen LogP contribution is 2.35. The first-order chi connectivity index (χ1) is 16.5. The number of halogens is 2. The van der Waals surface area contributed by atoms with Crippen LogP contribution in [0.4, 0.5) is 4.39 Å². The summed E-state index contributed by atoms with van der Waals surface area (Å²) in [4.78, 5) is 27.7. The minimum absolute atomic E-state index is 0.00118. The quantitative estimate of drug-likeness (QED) is 0.646. The maximum absolute atomic E-state index is 14.3. The third-order valence-electron chi connectivity index (χ3n) is 6.33. The molecule has 2 aromatic carbocycles. The first-order valence-corrected chi connectivity index (χ1v) is 11.7. The van der Waals surface area contributed by atoms with Crippen LogP contribution in [0.25, 0.3) is 6.08 Å². The number of nitrogens with zero attached hydrogens (tertiary/aromatic N) is 1. The van der Waals surface area contributed by atoms with Crippen LogP contribution < -0.4 is 14.8 Å². The molecule has 0 radical (unpaired) electrons. The van der Waals surface area contributed by atoms with E-state index in [1.54, 1.807) is 17.0 Å². The Hall–Kier alpha value is -3.26. The number of benzene rings is 2. The molecule has 5 rings (SSSR count). The van der Waals surface area contributed by atoms with Crippen LogP contribution in [-0.2, 0) is 20.9 Å². The van der Waals surface area contributed by atoms with Gasteiger partial charge in [-0.2, -0.15) is 0 Å². The molecule has 7 nitrogen and oxygen atoms in total. The van der Waals surface area contributed by atoms with Crippen molar-refractivity contribution in [1.82, 2.24) is 10.2 Å². The minimum atomic E-state index is -0.546. The van der Waals surface area contributed by atoms with Crippen LogP contribution in [0.5, 0.6) is 11.5 Å². The van der Waals surface area contributed by atoms with Gasteiger partial charge in [0.15, 0.2) is 17.3 Å². The largest absolute Gasteiger partial charge is 0.482 e. The SMILES string of the molecule is O=C(CN1C(=O)/C(=C/c2c(F)cccc2Cl)OC2CCCCC21)NCc1ccc2c(c1)OCO2. The fourth-order valence-electron chi connectivity index (χ4n) is 4.60. The lowest BCUT2D eigenvalue weighted by Gasteiger charge is -2.44. The zero-order valence-electron chi connectivity index (χ0n) is 18.4. The number of hydrogen-bond acceptors (Lipinski definition) is 5. The third-order valence-corrected chi connectivity index (χ3v) is 6.66. The smallest absolute Gasteiger partial charge is 0.289 e. The van der Waals surface area contributed by atoms with E-state index in [1.165, 1.54) is 18.2 Å². The van der Waals surface area contributed by atoms with Crippen molar-refractivity contribution in [1.29, 1.82) is 0 Å². The molecule has 0 aromatic heterocycles. The molecule has 2 aliphatic heterocycles. The Morgan fingerprint density at radius 1 is 1.18 bits per heavy atom. The maximum Gasteiger partial charge on any atom is 0.289 e. The van der Waals surface area contributed by atoms with Gasteiger partial charge in [-0.15, -0.1) is 0 Å². The summed E-state index contributed by atoms with van der Waals surface area (Å²) < 4.78 is 31.0. The highest BCUT2D eigenvalue weighted by molar-refractivity contribution is 6.32. The van der Waals surface area contributed by atoms with Gasteiger partial charge in [-0.3, -0.25) is 9.59 Å². The van der Waals surface area contributed by atoms with E-state index in [2.05, 4.69) is 5.32 Å². The van der Waals surface area contributed by atoms with Crippen molar-refractivity contribution >= 4 is 29.5 Å². The normalized spacial score (nSPS) is 22.4. The average molecular weight is 487 g/mol. The fourth-order valence-corrected chi connectivity index (χ4v) is 4.82. The van der Waals surface area contributed by atoms with E-state index < -0.39 is 11.7 Å². The number of fused-ring (bicyclic) bond motifs is 2. The van der Waals surface area contributed by atoms with Crippen molar-refractivity contribution in [2.75, 3.05) is 13.3 Å². The van der Waals surface area contributed by atoms with Gasteiger partial charge in [0.1, 0.15) is 18.5 Å². The van der Waals surface area contributed by atoms with E-state index >= 15 is 0 Å². The second kappa shape index (κ2) is 9.54. The maximum atomic E-state index is 14.3. The Morgan fingerprint density at radius 2 is 2.00 bits per heavy atom. The number of hydrogen-bond donors (Lipinski definition) is 1. The van der Waals surface area contributed by atoms with Crippen LogP contribution in [0.3, 0.4) is 0 Å². The first-order valence-electron chi connectivity index (χ1n) is 11.3. The molecule has 34 heavy (non-hydrogen) atoms. The molecule has 2 fully saturated rings. The summed E-state index contributed by atoms with van der Waals surface area (Å²) in [5.41, 5.74) is 0.949. The van der Waals surface area contributed by atoms with Gasteiger partial charge in [-0.25, -0.2) is 4.39 Å². The molecule has 1 saturated heterocycles. The summed E-state index contributed by atoms with van der Waals surface area (Å²) in [6.07, 6.45) is 4.51. The molecule has 1 N–H and O–H groups in total. The molecular weight excluding hydrogens is 463 g/mol. The van der Waals surface area contributed by atoms with Crippen LogP contribution in [0.15, 0.2) is 42.2 Å². The van der Waals surface area contributed by atoms with Crippen molar-refractivity contribution in [3.63, 3.8) is 0 Å². The van der Waals surface area contributed by atoms with Crippen molar-refractivity contribution in [3.05, 3.63) is 64.1 Å². The molecule has 2 unspecified atom stereocenters. The number of nitrogens with one attached hydrogen (secondary N) is 1. The third kappa shape index (κ3) is 4.55. The summed E-state index contributed by atoms with van der Waals surface area (Å²) in [5.74, 6) is 0.0310. The Bertz CT molecular complexity index is 1130. The van der Waals surface area contributed by atoms with Crippen molar-refractivity contribution in [3.8, 4) is 11.5 Å². The van der Waals surface area contributed by atoms with Crippen molar-refractivity contribution < 1.29 is 28.2 Å². The second-order valence-corrected chi connectivity index (χ2v) is 8.96. The van der Waals surface area contributed by atoms with Gasteiger partial charge >= 0.3 is 0 Å². The second-order valence-electron chi connectivity index (χ2n) is 8.55. The van der Waals surface area contributed by atoms with E-state index in [4.69, 9.17) is 25.8 Å². The molecule has 1 aliphatic carbocycles. The highest BCUT2D eigenvalue weighted by Gasteiger charge is 2.42. The van der Waals surface area contributed by atoms with Crippen LogP contribution in [0, 0.1) is 5.82 Å². The standard InChI is InChI=1S/C25H24ClFN2O5/c26-17-4-3-5-18(27)16(17)11-23-25(31)29(19-6-1-2-7-20(19)34-23)13-24(30)28-12-15-8-9-21-22(10-15)33-14-32-21/h3-5,8-11,19-20H,1-2,6-7,12-14H2,(H,28,30)/b23-11-. The predicted octanol–water partition coefficient (Wildman–Crippen LogP) is 4.04. The van der Waals surface area contributed by atoms with Gasteiger partial charge in [0.25, 0.3) is 5.91 Å². The molecule has 1 saturated carbocycles. The number of morpholine rings is 1. The topological polar surface area (TPSA) is 77.1 Å². The molecular formula is C25H24ClFN2O5. The first kappa shape index (κ1) is 22.5. The minimum Gasteiger partial charge on any atom is -0.482 e. The van der Waals surface area contributed by atoms with Gasteiger partial charge in [0.05, 0.1) is 11.1 Å². The average Bonchev–Trinajstić information content (AvgIpc) is 3.30. The summed E-state index contributed by atoms with van der Waals surface area (Å²) >= 11 is 6.14. The van der Waals surface area contributed by atoms with E-state index in [-0.39, 0.29) is 54.3 Å². The summed E-state index contributed by atoms with van der Waals surface area (Å²) in [5, 5.41) is 3.05. The predicted molar refractivity (Wildman–Crippen MR) is 123 cm³/mol. The Balaban J connectivity index is 1.32. The number of carbonyl (C=O) groups is 2. The Kier molecular flexibility index (Phi) is 6.32. The number of rotatable bonds is 5. The zero-order valence-corrected chi connectivity index (χ0v) is 19.1. The Labute approximate surface area is 201 Å². The van der Waals surface area contributed by atoms with Crippen molar-refractivity contribution in [2.24, 2.45) is 0 Å². The van der Waals surface area contributed by atoms with Gasteiger partial charge in [0, 0.05) is 12.1 Å². The number of ether oxygens (including phenoxy) is 3. The number of amides is 2. The van der Waals surface area contributed by atoms with Gasteiger partial charge < -0.3 is 24.4 Å². The molecule has 2 atom stereocenters. The van der Waals surface area contributed by atoms with Gasteiger partial charge in [0.2, 0.25) is 12.7 Å². The summed E-state index contributed by atoms with van der Waals surface area (Å²) in [7, 11) is 0. The Morgan fingerprint density at radius 3 is 2.85 bits per heavy atom. The van der Waals surface area contributed by atoms with E-state index in [0.717, 1.165) is 31.2 Å². The zero-order chi connectivity index (χ0) is 23.7. The lowest BCUT2D eigenvalue weighted by Crippen LogP contribution is -2.57. The van der Waals surface area contributed by atoms with Crippen LogP contribution in [0.1, 0.15) is 36.8 Å². The molecule has 0 spiro atoms. The van der Waals surface area contributed by atoms with Crippen LogP contribution in [-0.4, -0.2) is 42.2 Å². The van der Waals surface area contributed by atoms with Crippen molar-refractivity contribution in [2.45, 2.75) is 44.4 Å². The monoisotopic (exact) mass is 486 g/mol. The summed E-state index contributed by atoms with van der Waals surface area (Å²) in [6.45, 7) is 0.354. The molecule has 2 amide bonds. The molecule has 3 aliphatic rings. The molecule has 9 heteroatoms. The lowest BCUT2D eigenvalue weighted by molar-refractivity contribution is -0.151. The van der Waals surface area contributed by atoms with Gasteiger partial charge in [-0.05, 0) is 55.2 Å². The number of carbonyl (C=O) groups excluding carboxylic acids is 2. The molecule has 2 heterocycles. The molecule has 2 aromatic rings. The fraction of sp³-hybridized carbons (Fsp3) is 0.360. The summed E-state index contributed by atoms with van der Waals surface area (Å²) in [6, 6.07) is 9.59. The van der Waals surface area contributed by atoms with Crippen LogP contribution >= 0.6 is 11.6 Å². The molecule has 178 valence electrons. The van der Waals surface area contributed by atoms with Crippen LogP contribution in [0.2, 0.25) is 5.02 Å². The lowest BCUT2D eigenvalue weighted by atomic mass is 9.89. The van der Waals surface area contributed by atoms with E-state index in [1.807, 2.05) is 12.1 Å².